The summed E-state index contributed by atoms with van der Waals surface area (Å²) in [7, 11) is 1.64. The Balaban J connectivity index is 2.33. The second-order valence-electron chi connectivity index (χ2n) is 4.57. The molecule has 0 bridgehead atoms. The fourth-order valence-corrected chi connectivity index (χ4v) is 2.35. The molecule has 22 heavy (non-hydrogen) atoms. The first kappa shape index (κ1) is 13.6. The van der Waals surface area contributed by atoms with Gasteiger partial charge in [-0.25, -0.2) is 14.5 Å². The van der Waals surface area contributed by atoms with Crippen molar-refractivity contribution in [2.45, 2.75) is 0 Å². The predicted octanol–water partition coefficient (Wildman–Crippen LogP) is 3.28. The molecule has 0 aliphatic carbocycles. The number of nitrogens with zero attached hydrogens (tertiary/aromatic N) is 6. The van der Waals surface area contributed by atoms with Gasteiger partial charge in [0.15, 0.2) is 11.3 Å². The van der Waals surface area contributed by atoms with Gasteiger partial charge in [0.25, 0.3) is 0 Å². The van der Waals surface area contributed by atoms with Gasteiger partial charge in [-0.3, -0.25) is 0 Å². The monoisotopic (exact) mass is 294 g/mol. The third kappa shape index (κ3) is 2.13. The Bertz CT molecular complexity index is 940. The van der Waals surface area contributed by atoms with Crippen molar-refractivity contribution in [3.05, 3.63) is 52.7 Å². The summed E-state index contributed by atoms with van der Waals surface area (Å²) in [5, 5.41) is 17.4. The molecule has 3 aromatic rings. The summed E-state index contributed by atoms with van der Waals surface area (Å²) < 4.78 is 1.43. The third-order valence-electron chi connectivity index (χ3n) is 3.24. The van der Waals surface area contributed by atoms with Gasteiger partial charge in [0.05, 0.1) is 5.39 Å². The number of carboxylic acid groups (broad SMARTS) is 1. The van der Waals surface area contributed by atoms with Gasteiger partial charge in [-0.05, 0) is 28.8 Å². The third-order valence-corrected chi connectivity index (χ3v) is 3.24. The highest BCUT2D eigenvalue weighted by Crippen LogP contribution is 2.31. The zero-order chi connectivity index (χ0) is 15.7. The second-order valence-corrected chi connectivity index (χ2v) is 4.57. The molecule has 0 atom stereocenters. The molecule has 108 valence electrons. The lowest BCUT2D eigenvalue weighted by Gasteiger charge is -2.05. The molecule has 0 aliphatic heterocycles. The molecule has 0 radical (unpaired) electrons. The molecule has 3 rings (SSSR count). The Morgan fingerprint density at radius 3 is 2.95 bits per heavy atom. The Morgan fingerprint density at radius 1 is 1.41 bits per heavy atom. The molecular weight excluding hydrogens is 284 g/mol. The van der Waals surface area contributed by atoms with Crippen LogP contribution < -0.4 is 0 Å². The molecule has 1 aromatic carbocycles. The van der Waals surface area contributed by atoms with Crippen molar-refractivity contribution in [2.75, 3.05) is 0 Å². The van der Waals surface area contributed by atoms with E-state index in [4.69, 9.17) is 5.53 Å². The molecule has 0 fully saturated rings. The van der Waals surface area contributed by atoms with Crippen molar-refractivity contribution in [1.29, 1.82) is 0 Å². The highest BCUT2D eigenvalue weighted by molar-refractivity contribution is 6.07. The number of benzene rings is 1. The normalized spacial score (nSPS) is 10.4. The van der Waals surface area contributed by atoms with Gasteiger partial charge in [-0.1, -0.05) is 23.3 Å². The number of hydrogen-bond donors (Lipinski definition) is 1. The number of aromatic nitrogens is 3. The van der Waals surface area contributed by atoms with Gasteiger partial charge >= 0.3 is 5.97 Å². The molecule has 2 heterocycles. The highest BCUT2D eigenvalue weighted by atomic mass is 16.4. The zero-order valence-electron chi connectivity index (χ0n) is 11.5. The maximum Gasteiger partial charge on any atom is 0.357 e. The first-order chi connectivity index (χ1) is 10.6. The summed E-state index contributed by atoms with van der Waals surface area (Å²) >= 11 is 0. The summed E-state index contributed by atoms with van der Waals surface area (Å²) in [6.45, 7) is 0. The van der Waals surface area contributed by atoms with Crippen LogP contribution in [-0.2, 0) is 7.05 Å². The van der Waals surface area contributed by atoms with Crippen LogP contribution in [0.15, 0.2) is 41.6 Å². The first-order valence-electron chi connectivity index (χ1n) is 6.32. The van der Waals surface area contributed by atoms with Gasteiger partial charge in [0, 0.05) is 23.8 Å². The predicted molar refractivity (Wildman–Crippen MR) is 79.7 cm³/mol. The molecule has 0 saturated heterocycles. The number of carboxylic acids is 1. The van der Waals surface area contributed by atoms with Crippen LogP contribution in [0.2, 0.25) is 0 Å². The van der Waals surface area contributed by atoms with E-state index in [0.717, 1.165) is 5.56 Å². The number of rotatable bonds is 3. The van der Waals surface area contributed by atoms with Gasteiger partial charge in [0.2, 0.25) is 0 Å². The standard InChI is InChI=1S/C14H10N6O2/c1-20-13-11(12(18-20)14(21)22)10(5-6-16-13)8-3-2-4-9(7-8)17-19-15/h2-7H,1H3,(H,21,22). The Kier molecular flexibility index (Phi) is 3.21. The van der Waals surface area contributed by atoms with Gasteiger partial charge in [0.1, 0.15) is 0 Å². The summed E-state index contributed by atoms with van der Waals surface area (Å²) in [6.07, 6.45) is 1.59. The molecule has 8 heteroatoms. The van der Waals surface area contributed by atoms with Crippen LogP contribution in [0.25, 0.3) is 32.6 Å². The molecule has 0 spiro atoms. The van der Waals surface area contributed by atoms with Crippen molar-refractivity contribution in [3.63, 3.8) is 0 Å². The highest BCUT2D eigenvalue weighted by Gasteiger charge is 2.19. The van der Waals surface area contributed by atoms with Crippen molar-refractivity contribution < 1.29 is 9.90 Å². The Hall–Kier alpha value is -3.38. The van der Waals surface area contributed by atoms with Crippen molar-refractivity contribution >= 4 is 22.7 Å². The number of carbonyl (C=O) groups is 1. The molecule has 8 nitrogen and oxygen atoms in total. The molecule has 0 saturated carbocycles. The number of pyridine rings is 1. The fourth-order valence-electron chi connectivity index (χ4n) is 2.35. The van der Waals surface area contributed by atoms with Crippen LogP contribution in [0.4, 0.5) is 5.69 Å². The maximum atomic E-state index is 11.4. The maximum absolute atomic E-state index is 11.4. The molecule has 0 amide bonds. The van der Waals surface area contributed by atoms with Crippen molar-refractivity contribution in [3.8, 4) is 11.1 Å². The van der Waals surface area contributed by atoms with E-state index in [1.165, 1.54) is 4.68 Å². The topological polar surface area (TPSA) is 117 Å². The van der Waals surface area contributed by atoms with Crippen LogP contribution in [0, 0.1) is 0 Å². The van der Waals surface area contributed by atoms with Crippen LogP contribution >= 0.6 is 0 Å². The van der Waals surface area contributed by atoms with Crippen LogP contribution in [-0.4, -0.2) is 25.8 Å². The lowest BCUT2D eigenvalue weighted by molar-refractivity contribution is 0.0691. The van der Waals surface area contributed by atoms with Gasteiger partial charge in [-0.2, -0.15) is 5.10 Å². The van der Waals surface area contributed by atoms with Crippen LogP contribution in [0.5, 0.6) is 0 Å². The SMILES string of the molecule is Cn1nc(C(=O)O)c2c(-c3cccc(N=[N+]=[N-])c3)ccnc21. The lowest BCUT2D eigenvalue weighted by Crippen LogP contribution is -1.99. The fraction of sp³-hybridized carbons (Fsp3) is 0.0714. The van der Waals surface area contributed by atoms with Crippen molar-refractivity contribution in [2.24, 2.45) is 12.2 Å². The number of aryl methyl sites for hydroxylation is 1. The van der Waals surface area contributed by atoms with E-state index < -0.39 is 5.97 Å². The molecule has 0 aliphatic rings. The first-order valence-corrected chi connectivity index (χ1v) is 6.32. The van der Waals surface area contributed by atoms with E-state index in [2.05, 4.69) is 20.1 Å². The largest absolute Gasteiger partial charge is 0.476 e. The number of aromatic carboxylic acids is 1. The van der Waals surface area contributed by atoms with E-state index in [1.807, 2.05) is 6.07 Å². The summed E-state index contributed by atoms with van der Waals surface area (Å²) in [5.74, 6) is -1.12. The minimum atomic E-state index is -1.12. The average molecular weight is 294 g/mol. The second kappa shape index (κ2) is 5.19. The molecule has 1 N–H and O–H groups in total. The summed E-state index contributed by atoms with van der Waals surface area (Å²) in [5.41, 5.74) is 10.8. The van der Waals surface area contributed by atoms with Crippen molar-refractivity contribution in [1.82, 2.24) is 14.8 Å². The Morgan fingerprint density at radius 2 is 2.23 bits per heavy atom. The molecule has 2 aromatic heterocycles. The van der Waals surface area contributed by atoms with Gasteiger partial charge < -0.3 is 5.11 Å². The summed E-state index contributed by atoms with van der Waals surface area (Å²) in [4.78, 5) is 18.3. The van der Waals surface area contributed by atoms with E-state index in [0.29, 0.717) is 22.3 Å². The smallest absolute Gasteiger partial charge is 0.357 e. The summed E-state index contributed by atoms with van der Waals surface area (Å²) in [6, 6.07) is 8.62. The minimum Gasteiger partial charge on any atom is -0.476 e. The average Bonchev–Trinajstić information content (AvgIpc) is 2.86. The molecular formula is C14H10N6O2. The van der Waals surface area contributed by atoms with E-state index in [-0.39, 0.29) is 5.69 Å². The van der Waals surface area contributed by atoms with E-state index in [1.54, 1.807) is 37.5 Å². The molecule has 0 unspecified atom stereocenters. The number of hydrogen-bond acceptors (Lipinski definition) is 4. The lowest BCUT2D eigenvalue weighted by atomic mass is 10.0. The zero-order valence-corrected chi connectivity index (χ0v) is 11.5. The van der Waals surface area contributed by atoms with E-state index >= 15 is 0 Å². The quantitative estimate of drug-likeness (QED) is 0.453. The van der Waals surface area contributed by atoms with Crippen LogP contribution in [0.3, 0.4) is 0 Å². The van der Waals surface area contributed by atoms with E-state index in [9.17, 15) is 9.90 Å². The number of azide groups is 1. The number of fused-ring (bicyclic) bond motifs is 1. The Labute approximate surface area is 124 Å². The van der Waals surface area contributed by atoms with Crippen LogP contribution in [0.1, 0.15) is 10.5 Å². The minimum absolute atomic E-state index is 0.0604. The van der Waals surface area contributed by atoms with Gasteiger partial charge in [-0.15, -0.1) is 0 Å².